The second-order valence-corrected chi connectivity index (χ2v) is 10.1. The Morgan fingerprint density at radius 1 is 0.800 bits per heavy atom. The first-order chi connectivity index (χ1) is 9.52. The SMILES string of the molecule is CC(C)[PH](=O)c1ccccc1.O=[PH]([Pd])c1ccccc1. The molecule has 0 N–H and O–H groups in total. The first-order valence-electron chi connectivity index (χ1n) is 6.33. The van der Waals surface area contributed by atoms with Crippen molar-refractivity contribution >= 4 is 24.4 Å². The fraction of sp³-hybridized carbons (Fsp3) is 0.200. The van der Waals surface area contributed by atoms with Gasteiger partial charge in [-0.15, -0.1) is 0 Å². The second kappa shape index (κ2) is 9.49. The zero-order chi connectivity index (χ0) is 15.0. The minimum atomic E-state index is -1.61. The van der Waals surface area contributed by atoms with Gasteiger partial charge in [-0.05, 0) is 0 Å². The van der Waals surface area contributed by atoms with Crippen LogP contribution in [-0.2, 0) is 27.8 Å². The van der Waals surface area contributed by atoms with Gasteiger partial charge in [0.25, 0.3) is 0 Å². The Labute approximate surface area is 132 Å². The van der Waals surface area contributed by atoms with E-state index in [4.69, 9.17) is 0 Å². The van der Waals surface area contributed by atoms with Crippen LogP contribution in [0.5, 0.6) is 0 Å². The molecule has 0 bridgehead atoms. The van der Waals surface area contributed by atoms with Gasteiger partial charge >= 0.3 is 64.9 Å². The zero-order valence-corrected chi connectivity index (χ0v) is 15.0. The minimum absolute atomic E-state index is 0.280. The number of benzene rings is 2. The van der Waals surface area contributed by atoms with Crippen LogP contribution in [-0.4, -0.2) is 5.66 Å². The molecule has 0 fully saturated rings. The average Bonchev–Trinajstić information content (AvgIpc) is 2.49. The van der Waals surface area contributed by atoms with Crippen LogP contribution in [0.25, 0.3) is 0 Å². The molecule has 0 spiro atoms. The fourth-order valence-corrected chi connectivity index (χ4v) is 3.89. The third kappa shape index (κ3) is 6.34. The molecular formula is C15H19O2P2Pd. The third-order valence-electron chi connectivity index (χ3n) is 2.57. The summed E-state index contributed by atoms with van der Waals surface area (Å²) >= 11 is 2.77. The van der Waals surface area contributed by atoms with E-state index in [1.807, 2.05) is 74.5 Å². The summed E-state index contributed by atoms with van der Waals surface area (Å²) in [5.41, 5.74) is 0.280. The first-order valence-corrected chi connectivity index (χ1v) is 11.4. The monoisotopic (exact) mass is 399 g/mol. The van der Waals surface area contributed by atoms with Gasteiger partial charge in [-0.3, -0.25) is 0 Å². The Kier molecular flexibility index (Phi) is 8.36. The molecule has 0 aliphatic rings. The van der Waals surface area contributed by atoms with Gasteiger partial charge in [-0.1, -0.05) is 44.2 Å². The van der Waals surface area contributed by atoms with E-state index in [2.05, 4.69) is 18.7 Å². The molecule has 0 aliphatic heterocycles. The predicted molar refractivity (Wildman–Crippen MR) is 85.3 cm³/mol. The van der Waals surface area contributed by atoms with Crippen molar-refractivity contribution in [3.8, 4) is 0 Å². The second-order valence-electron chi connectivity index (χ2n) is 4.50. The van der Waals surface area contributed by atoms with Crippen molar-refractivity contribution in [1.29, 1.82) is 0 Å². The fourth-order valence-electron chi connectivity index (χ4n) is 1.49. The van der Waals surface area contributed by atoms with Crippen molar-refractivity contribution in [2.75, 3.05) is 0 Å². The molecule has 0 saturated heterocycles. The normalized spacial score (nSPS) is 13.2. The van der Waals surface area contributed by atoms with Gasteiger partial charge in [0.1, 0.15) is 7.80 Å². The molecule has 2 aromatic rings. The molecule has 2 rings (SSSR count). The van der Waals surface area contributed by atoms with Crippen LogP contribution >= 0.6 is 13.8 Å². The van der Waals surface area contributed by atoms with Crippen LogP contribution in [0.1, 0.15) is 13.8 Å². The van der Waals surface area contributed by atoms with E-state index >= 15 is 0 Å². The van der Waals surface area contributed by atoms with Gasteiger partial charge in [0.2, 0.25) is 0 Å². The van der Waals surface area contributed by atoms with Crippen molar-refractivity contribution < 1.29 is 27.8 Å². The van der Waals surface area contributed by atoms with E-state index < -0.39 is 13.8 Å². The Morgan fingerprint density at radius 3 is 1.50 bits per heavy atom. The summed E-state index contributed by atoms with van der Waals surface area (Å²) in [6, 6.07) is 19.0. The van der Waals surface area contributed by atoms with Gasteiger partial charge in [-0.2, -0.15) is 0 Å². The van der Waals surface area contributed by atoms with Gasteiger partial charge in [-0.25, -0.2) is 0 Å². The maximum absolute atomic E-state index is 11.5. The van der Waals surface area contributed by atoms with E-state index in [-0.39, 0.29) is 5.66 Å². The molecule has 0 heterocycles. The van der Waals surface area contributed by atoms with Crippen molar-refractivity contribution in [2.45, 2.75) is 19.5 Å². The van der Waals surface area contributed by atoms with Crippen molar-refractivity contribution in [1.82, 2.24) is 0 Å². The van der Waals surface area contributed by atoms with Crippen LogP contribution in [0, 0.1) is 0 Å². The third-order valence-corrected chi connectivity index (χ3v) is 6.61. The van der Waals surface area contributed by atoms with Crippen LogP contribution in [0.3, 0.4) is 0 Å². The van der Waals surface area contributed by atoms with Crippen LogP contribution in [0.2, 0.25) is 0 Å². The van der Waals surface area contributed by atoms with E-state index in [0.29, 0.717) is 0 Å². The molecule has 0 saturated carbocycles. The summed E-state index contributed by atoms with van der Waals surface area (Å²) in [6.45, 7) is 3.99. The Balaban J connectivity index is 0.000000204. The van der Waals surface area contributed by atoms with Crippen LogP contribution < -0.4 is 10.6 Å². The van der Waals surface area contributed by atoms with Crippen LogP contribution in [0.15, 0.2) is 60.7 Å². The molecular weight excluding hydrogens is 381 g/mol. The zero-order valence-electron chi connectivity index (χ0n) is 11.5. The first kappa shape index (κ1) is 17.6. The van der Waals surface area contributed by atoms with E-state index in [1.165, 1.54) is 0 Å². The Hall–Kier alpha value is -0.438. The summed E-state index contributed by atoms with van der Waals surface area (Å²) in [4.78, 5) is 0. The Morgan fingerprint density at radius 2 is 1.20 bits per heavy atom. The van der Waals surface area contributed by atoms with Crippen molar-refractivity contribution in [3.63, 3.8) is 0 Å². The number of hydrogen-bond acceptors (Lipinski definition) is 2. The topological polar surface area (TPSA) is 34.1 Å². The van der Waals surface area contributed by atoms with E-state index in [0.717, 1.165) is 10.6 Å². The quantitative estimate of drug-likeness (QED) is 0.584. The van der Waals surface area contributed by atoms with Crippen LogP contribution in [0.4, 0.5) is 0 Å². The van der Waals surface area contributed by atoms with Gasteiger partial charge in [0.05, 0.1) is 0 Å². The molecule has 5 heteroatoms. The summed E-state index contributed by atoms with van der Waals surface area (Å²) in [6.07, 6.45) is 0. The molecule has 0 aliphatic carbocycles. The average molecular weight is 400 g/mol. The van der Waals surface area contributed by atoms with Crippen molar-refractivity contribution in [2.24, 2.45) is 0 Å². The maximum atomic E-state index is 11.5. The predicted octanol–water partition coefficient (Wildman–Crippen LogP) is 3.61. The molecule has 0 amide bonds. The molecule has 2 atom stereocenters. The molecule has 2 unspecified atom stereocenters. The molecule has 20 heavy (non-hydrogen) atoms. The molecule has 2 nitrogen and oxygen atoms in total. The summed E-state index contributed by atoms with van der Waals surface area (Å²) in [5.74, 6) is -1.61. The van der Waals surface area contributed by atoms with Gasteiger partial charge < -0.3 is 4.57 Å². The standard InChI is InChI=1S/C9H13OP.C6H5OP.Pd/c1-8(2)11(10)9-6-4-3-5-7-9;7-8-6-4-2-1-3-5-6;/h3-8,11H,1-2H3;1-5H;/q;;-1/p+1. The molecule has 2 aromatic carbocycles. The Bertz CT molecular complexity index is 557. The van der Waals surface area contributed by atoms with Crippen molar-refractivity contribution in [3.05, 3.63) is 60.7 Å². The summed E-state index contributed by atoms with van der Waals surface area (Å²) in [7, 11) is -1.53. The van der Waals surface area contributed by atoms with Gasteiger partial charge in [0.15, 0.2) is 0 Å². The van der Waals surface area contributed by atoms with Gasteiger partial charge in [0, 0.05) is 11.0 Å². The molecule has 111 valence electrons. The number of rotatable bonds is 3. The van der Waals surface area contributed by atoms with E-state index in [1.54, 1.807) is 0 Å². The molecule has 0 radical (unpaired) electrons. The molecule has 0 aromatic heterocycles. The van der Waals surface area contributed by atoms with E-state index in [9.17, 15) is 9.13 Å². The summed E-state index contributed by atoms with van der Waals surface area (Å²) < 4.78 is 22.3. The number of hydrogen-bond donors (Lipinski definition) is 0. The summed E-state index contributed by atoms with van der Waals surface area (Å²) in [5, 5.41) is 1.89.